The Labute approximate surface area is 132 Å². The molecule has 0 spiro atoms. The van der Waals surface area contributed by atoms with Gasteiger partial charge in [0.05, 0.1) is 11.9 Å². The van der Waals surface area contributed by atoms with Gasteiger partial charge in [0.2, 0.25) is 10.0 Å². The van der Waals surface area contributed by atoms with E-state index in [0.29, 0.717) is 17.7 Å². The summed E-state index contributed by atoms with van der Waals surface area (Å²) in [6.45, 7) is 5.97. The third-order valence-electron chi connectivity index (χ3n) is 4.17. The molecule has 1 aromatic carbocycles. The molecule has 22 heavy (non-hydrogen) atoms. The summed E-state index contributed by atoms with van der Waals surface area (Å²) in [6, 6.07) is 5.32. The number of nitrogens with zero attached hydrogens (tertiary/aromatic N) is 1. The van der Waals surface area contributed by atoms with E-state index in [1.807, 2.05) is 26.8 Å². The smallest absolute Gasteiger partial charge is 0.251 e. The van der Waals surface area contributed by atoms with E-state index in [-0.39, 0.29) is 18.0 Å². The molecule has 0 bridgehead atoms. The van der Waals surface area contributed by atoms with Gasteiger partial charge in [0, 0.05) is 17.6 Å². The van der Waals surface area contributed by atoms with Crippen LogP contribution in [0.3, 0.4) is 0 Å². The summed E-state index contributed by atoms with van der Waals surface area (Å²) in [7, 11) is -3.29. The molecule has 2 rings (SSSR count). The maximum Gasteiger partial charge on any atom is 0.251 e. The predicted molar refractivity (Wildman–Crippen MR) is 88.8 cm³/mol. The molecule has 122 valence electrons. The minimum absolute atomic E-state index is 0.0954. The molecule has 1 heterocycles. The minimum Gasteiger partial charge on any atom is -0.349 e. The Balaban J connectivity index is 2.27. The molecule has 0 aliphatic carbocycles. The van der Waals surface area contributed by atoms with Crippen LogP contribution < -0.4 is 9.62 Å². The van der Waals surface area contributed by atoms with Gasteiger partial charge in [0.15, 0.2) is 0 Å². The van der Waals surface area contributed by atoms with Crippen LogP contribution in [0.5, 0.6) is 0 Å². The van der Waals surface area contributed by atoms with Gasteiger partial charge in [-0.3, -0.25) is 9.10 Å². The Hall–Kier alpha value is -1.56. The summed E-state index contributed by atoms with van der Waals surface area (Å²) in [6.07, 6.45) is 3.64. The molecule has 1 atom stereocenters. The van der Waals surface area contributed by atoms with E-state index < -0.39 is 10.0 Å². The van der Waals surface area contributed by atoms with E-state index >= 15 is 0 Å². The second kappa shape index (κ2) is 6.28. The number of hydrogen-bond acceptors (Lipinski definition) is 3. The summed E-state index contributed by atoms with van der Waals surface area (Å²) in [5, 5.41) is 3.01. The Kier molecular flexibility index (Phi) is 4.80. The summed E-state index contributed by atoms with van der Waals surface area (Å²) >= 11 is 0. The molecule has 5 nitrogen and oxygen atoms in total. The van der Waals surface area contributed by atoms with Crippen molar-refractivity contribution >= 4 is 21.6 Å². The number of carbonyl (C=O) groups excluding carboxylic acids is 1. The van der Waals surface area contributed by atoms with Crippen molar-refractivity contribution in [1.82, 2.24) is 5.32 Å². The van der Waals surface area contributed by atoms with Crippen molar-refractivity contribution in [3.8, 4) is 0 Å². The van der Waals surface area contributed by atoms with Crippen LogP contribution in [0.25, 0.3) is 0 Å². The van der Waals surface area contributed by atoms with Gasteiger partial charge in [0.1, 0.15) is 0 Å². The van der Waals surface area contributed by atoms with Crippen molar-refractivity contribution in [2.24, 2.45) is 0 Å². The molecule has 1 aromatic rings. The lowest BCUT2D eigenvalue weighted by Gasteiger charge is -2.22. The third-order valence-corrected chi connectivity index (χ3v) is 5.44. The molecule has 0 aromatic heterocycles. The largest absolute Gasteiger partial charge is 0.349 e. The predicted octanol–water partition coefficient (Wildman–Crippen LogP) is 2.32. The van der Waals surface area contributed by atoms with E-state index in [0.717, 1.165) is 18.4 Å². The van der Waals surface area contributed by atoms with Crippen molar-refractivity contribution in [1.29, 1.82) is 0 Å². The molecule has 1 unspecified atom stereocenters. The van der Waals surface area contributed by atoms with Crippen molar-refractivity contribution in [2.75, 3.05) is 10.6 Å². The fourth-order valence-corrected chi connectivity index (χ4v) is 4.27. The summed E-state index contributed by atoms with van der Waals surface area (Å²) in [4.78, 5) is 12.3. The molecule has 1 N–H and O–H groups in total. The maximum atomic E-state index is 12.3. The maximum absolute atomic E-state index is 12.3. The van der Waals surface area contributed by atoms with Crippen LogP contribution in [0, 0.1) is 0 Å². The van der Waals surface area contributed by atoms with Gasteiger partial charge in [-0.2, -0.15) is 0 Å². The van der Waals surface area contributed by atoms with E-state index in [2.05, 4.69) is 5.32 Å². The molecule has 0 saturated carbocycles. The fourth-order valence-electron chi connectivity index (χ4n) is 3.01. The summed E-state index contributed by atoms with van der Waals surface area (Å²) < 4.78 is 25.2. The van der Waals surface area contributed by atoms with Crippen molar-refractivity contribution in [2.45, 2.75) is 52.1 Å². The fraction of sp³-hybridized carbons (Fsp3) is 0.562. The molecule has 0 fully saturated rings. The van der Waals surface area contributed by atoms with Crippen LogP contribution in [-0.2, 0) is 16.4 Å². The van der Waals surface area contributed by atoms with Gasteiger partial charge in [-0.15, -0.1) is 0 Å². The number of carbonyl (C=O) groups is 1. The van der Waals surface area contributed by atoms with Crippen LogP contribution in [0.4, 0.5) is 5.69 Å². The van der Waals surface area contributed by atoms with E-state index in [4.69, 9.17) is 0 Å². The van der Waals surface area contributed by atoms with Gasteiger partial charge in [-0.25, -0.2) is 8.42 Å². The topological polar surface area (TPSA) is 66.5 Å². The van der Waals surface area contributed by atoms with Gasteiger partial charge >= 0.3 is 0 Å². The zero-order valence-electron chi connectivity index (χ0n) is 13.6. The Morgan fingerprint density at radius 2 is 2.00 bits per heavy atom. The second-order valence-corrected chi connectivity index (χ2v) is 7.80. The first-order valence-corrected chi connectivity index (χ1v) is 9.55. The Bertz CT molecular complexity index is 666. The molecule has 1 amide bonds. The number of benzene rings is 1. The monoisotopic (exact) mass is 324 g/mol. The van der Waals surface area contributed by atoms with Gasteiger partial charge in [-0.05, 0) is 49.9 Å². The van der Waals surface area contributed by atoms with Gasteiger partial charge in [0.25, 0.3) is 5.91 Å². The first kappa shape index (κ1) is 16.8. The normalized spacial score (nSPS) is 17.7. The molecule has 0 radical (unpaired) electrons. The third kappa shape index (κ3) is 3.27. The van der Waals surface area contributed by atoms with Crippen LogP contribution in [0.2, 0.25) is 0 Å². The lowest BCUT2D eigenvalue weighted by Crippen LogP contribution is -2.34. The number of anilines is 1. The van der Waals surface area contributed by atoms with Gasteiger partial charge < -0.3 is 5.32 Å². The highest BCUT2D eigenvalue weighted by atomic mass is 32.2. The highest BCUT2D eigenvalue weighted by Crippen LogP contribution is 2.34. The average molecular weight is 324 g/mol. The quantitative estimate of drug-likeness (QED) is 0.904. The Morgan fingerprint density at radius 1 is 1.36 bits per heavy atom. The zero-order valence-corrected chi connectivity index (χ0v) is 14.4. The number of rotatable bonds is 5. The number of fused-ring (bicyclic) bond motifs is 1. The van der Waals surface area contributed by atoms with E-state index in [9.17, 15) is 13.2 Å². The standard InChI is InChI=1S/C16H24N2O3S/c1-5-14(6-2)17-16(19)12-7-8-15-13(10-12)9-11(3)18(15)22(4,20)21/h7-8,10-11,14H,5-6,9H2,1-4H3,(H,17,19). The Morgan fingerprint density at radius 3 is 2.55 bits per heavy atom. The van der Waals surface area contributed by atoms with Crippen molar-refractivity contribution in [3.05, 3.63) is 29.3 Å². The number of nitrogens with one attached hydrogen (secondary N) is 1. The summed E-state index contributed by atoms with van der Waals surface area (Å²) in [5.74, 6) is -0.0954. The van der Waals surface area contributed by atoms with Crippen molar-refractivity contribution < 1.29 is 13.2 Å². The molecule has 1 aliphatic heterocycles. The molecule has 0 saturated heterocycles. The second-order valence-electron chi connectivity index (χ2n) is 5.94. The lowest BCUT2D eigenvalue weighted by molar-refractivity contribution is 0.0935. The van der Waals surface area contributed by atoms with Crippen molar-refractivity contribution in [3.63, 3.8) is 0 Å². The number of sulfonamides is 1. The van der Waals surface area contributed by atoms with Crippen LogP contribution in [-0.4, -0.2) is 32.7 Å². The first-order chi connectivity index (χ1) is 10.3. The van der Waals surface area contributed by atoms with Crippen LogP contribution in [0.15, 0.2) is 18.2 Å². The zero-order chi connectivity index (χ0) is 16.5. The molecular weight excluding hydrogens is 300 g/mol. The molecule has 1 aliphatic rings. The number of hydrogen-bond donors (Lipinski definition) is 1. The van der Waals surface area contributed by atoms with Crippen LogP contribution >= 0.6 is 0 Å². The molecule has 6 heteroatoms. The van der Waals surface area contributed by atoms with Crippen LogP contribution in [0.1, 0.15) is 49.5 Å². The first-order valence-electron chi connectivity index (χ1n) is 7.71. The summed E-state index contributed by atoms with van der Waals surface area (Å²) in [5.41, 5.74) is 2.19. The van der Waals surface area contributed by atoms with Gasteiger partial charge in [-0.1, -0.05) is 13.8 Å². The molecular formula is C16H24N2O3S. The highest BCUT2D eigenvalue weighted by molar-refractivity contribution is 7.92. The average Bonchev–Trinajstić information content (AvgIpc) is 2.78. The lowest BCUT2D eigenvalue weighted by atomic mass is 10.1. The van der Waals surface area contributed by atoms with E-state index in [1.54, 1.807) is 12.1 Å². The van der Waals surface area contributed by atoms with E-state index in [1.165, 1.54) is 10.6 Å². The SMILES string of the molecule is CCC(CC)NC(=O)c1ccc2c(c1)CC(C)N2S(C)(=O)=O. The number of amides is 1. The minimum atomic E-state index is -3.29. The highest BCUT2D eigenvalue weighted by Gasteiger charge is 2.32.